The lowest BCUT2D eigenvalue weighted by Gasteiger charge is -2.07. The van der Waals surface area contributed by atoms with Crippen LogP contribution in [0.3, 0.4) is 0 Å². The van der Waals surface area contributed by atoms with Crippen molar-refractivity contribution in [3.63, 3.8) is 0 Å². The molecule has 0 aliphatic carbocycles. The van der Waals surface area contributed by atoms with E-state index in [2.05, 4.69) is 5.32 Å². The molecule has 1 aromatic heterocycles. The molecule has 0 atom stereocenters. The molecule has 0 aliphatic heterocycles. The highest BCUT2D eigenvalue weighted by Gasteiger charge is 2.22. The van der Waals surface area contributed by atoms with E-state index in [0.717, 1.165) is 0 Å². The maximum atomic E-state index is 12.5. The van der Waals surface area contributed by atoms with Crippen molar-refractivity contribution in [3.8, 4) is 0 Å². The van der Waals surface area contributed by atoms with Crippen molar-refractivity contribution in [1.82, 2.24) is 0 Å². The number of furan rings is 1. The highest BCUT2D eigenvalue weighted by Crippen LogP contribution is 2.26. The van der Waals surface area contributed by atoms with Crippen LogP contribution in [-0.2, 0) is 15.6 Å². The Balaban J connectivity index is 1.82. The third kappa shape index (κ3) is 4.09. The van der Waals surface area contributed by atoms with Gasteiger partial charge >= 0.3 is 0 Å². The number of benzene rings is 2. The van der Waals surface area contributed by atoms with Crippen molar-refractivity contribution in [2.24, 2.45) is 0 Å². The molecule has 0 saturated heterocycles. The van der Waals surface area contributed by atoms with Crippen LogP contribution in [-0.4, -0.2) is 14.3 Å². The normalized spacial score (nSPS) is 11.3. The Hall–Kier alpha value is -2.28. The first-order valence-electron chi connectivity index (χ1n) is 7.47. The molecule has 3 rings (SSSR count). The number of hydrogen-bond acceptors (Lipinski definition) is 4. The third-order valence-electron chi connectivity index (χ3n) is 3.58. The molecule has 0 fully saturated rings. The van der Waals surface area contributed by atoms with Crippen LogP contribution in [0.5, 0.6) is 0 Å². The number of anilines is 1. The van der Waals surface area contributed by atoms with Crippen molar-refractivity contribution in [2.45, 2.75) is 10.6 Å². The summed E-state index contributed by atoms with van der Waals surface area (Å²) in [5.41, 5.74) is 0.684. The summed E-state index contributed by atoms with van der Waals surface area (Å²) in [6.45, 7) is 0. The molecular weight excluding hydrogens is 397 g/mol. The van der Waals surface area contributed by atoms with Crippen molar-refractivity contribution >= 4 is 44.6 Å². The summed E-state index contributed by atoms with van der Waals surface area (Å²) in [5.74, 6) is -1.00. The number of sulfone groups is 1. The molecular formula is C18H13Cl2NO4S. The van der Waals surface area contributed by atoms with Gasteiger partial charge in [-0.15, -0.1) is 0 Å². The van der Waals surface area contributed by atoms with Crippen LogP contribution in [0.25, 0.3) is 0 Å². The Bertz CT molecular complexity index is 1050. The fourth-order valence-corrected chi connectivity index (χ4v) is 4.00. The number of hydrogen-bond donors (Lipinski definition) is 1. The van der Waals surface area contributed by atoms with Crippen LogP contribution in [0.2, 0.25) is 10.0 Å². The lowest BCUT2D eigenvalue weighted by molar-refractivity contribution is 0.0996. The quantitative estimate of drug-likeness (QED) is 0.655. The van der Waals surface area contributed by atoms with Gasteiger partial charge in [-0.05, 0) is 36.4 Å². The van der Waals surface area contributed by atoms with E-state index in [-0.39, 0.29) is 27.0 Å². The molecule has 3 aromatic rings. The molecule has 8 heteroatoms. The summed E-state index contributed by atoms with van der Waals surface area (Å²) < 4.78 is 30.2. The summed E-state index contributed by atoms with van der Waals surface area (Å²) in [6, 6.07) is 14.1. The molecule has 0 aliphatic rings. The maximum Gasteiger partial charge on any atom is 0.291 e. The van der Waals surface area contributed by atoms with Gasteiger partial charge in [0.1, 0.15) is 0 Å². The maximum absolute atomic E-state index is 12.5. The SMILES string of the molecule is O=C(Nc1ccc(Cl)c(Cl)c1)c1occc1CS(=O)(=O)c1ccccc1. The number of carbonyl (C=O) groups excluding carboxylic acids is 1. The van der Waals surface area contributed by atoms with Crippen LogP contribution < -0.4 is 5.32 Å². The number of carbonyl (C=O) groups is 1. The Morgan fingerprint density at radius 3 is 2.42 bits per heavy atom. The topological polar surface area (TPSA) is 76.4 Å². The fourth-order valence-electron chi connectivity index (χ4n) is 2.33. The van der Waals surface area contributed by atoms with Gasteiger partial charge in [0.05, 0.1) is 27.0 Å². The number of amides is 1. The van der Waals surface area contributed by atoms with E-state index in [9.17, 15) is 13.2 Å². The van der Waals surface area contributed by atoms with Crippen molar-refractivity contribution in [3.05, 3.63) is 82.2 Å². The monoisotopic (exact) mass is 409 g/mol. The zero-order valence-electron chi connectivity index (χ0n) is 13.3. The van der Waals surface area contributed by atoms with Gasteiger partial charge in [0.25, 0.3) is 5.91 Å². The van der Waals surface area contributed by atoms with Gasteiger partial charge < -0.3 is 9.73 Å². The Morgan fingerprint density at radius 2 is 1.73 bits per heavy atom. The average Bonchev–Trinajstić information content (AvgIpc) is 3.06. The van der Waals surface area contributed by atoms with Crippen LogP contribution in [0.15, 0.2) is 70.2 Å². The second kappa shape index (κ2) is 7.53. The van der Waals surface area contributed by atoms with E-state index in [0.29, 0.717) is 10.7 Å². The predicted molar refractivity (Wildman–Crippen MR) is 100 cm³/mol. The summed E-state index contributed by atoms with van der Waals surface area (Å²) >= 11 is 11.8. The highest BCUT2D eigenvalue weighted by molar-refractivity contribution is 7.90. The second-order valence-electron chi connectivity index (χ2n) is 5.43. The minimum absolute atomic E-state index is 0.0735. The van der Waals surface area contributed by atoms with Gasteiger partial charge in [-0.2, -0.15) is 0 Å². The molecule has 5 nitrogen and oxygen atoms in total. The van der Waals surface area contributed by atoms with E-state index in [1.807, 2.05) is 0 Å². The minimum atomic E-state index is -3.60. The summed E-state index contributed by atoms with van der Waals surface area (Å²) in [4.78, 5) is 12.6. The first kappa shape index (κ1) is 18.5. The average molecular weight is 410 g/mol. The highest BCUT2D eigenvalue weighted by atomic mass is 35.5. The molecule has 0 saturated carbocycles. The lowest BCUT2D eigenvalue weighted by Crippen LogP contribution is -2.14. The lowest BCUT2D eigenvalue weighted by atomic mass is 10.2. The van der Waals surface area contributed by atoms with Crippen LogP contribution in [0, 0.1) is 0 Å². The van der Waals surface area contributed by atoms with Crippen molar-refractivity contribution in [2.75, 3.05) is 5.32 Å². The Kier molecular flexibility index (Phi) is 5.36. The van der Waals surface area contributed by atoms with E-state index >= 15 is 0 Å². The Labute approximate surface area is 160 Å². The molecule has 2 aromatic carbocycles. The standard InChI is InChI=1S/C18H13Cl2NO4S/c19-15-7-6-13(10-16(15)20)21-18(22)17-12(8-9-25-17)11-26(23,24)14-4-2-1-3-5-14/h1-10H,11H2,(H,21,22). The second-order valence-corrected chi connectivity index (χ2v) is 8.23. The predicted octanol–water partition coefficient (Wildman–Crippen LogP) is 4.81. The van der Waals surface area contributed by atoms with Crippen molar-refractivity contribution < 1.29 is 17.6 Å². The van der Waals surface area contributed by atoms with E-state index in [1.165, 1.54) is 30.5 Å². The zero-order valence-corrected chi connectivity index (χ0v) is 15.6. The number of halogens is 2. The third-order valence-corrected chi connectivity index (χ3v) is 6.00. The van der Waals surface area contributed by atoms with Gasteiger partial charge in [0, 0.05) is 11.3 Å². The van der Waals surface area contributed by atoms with Crippen LogP contribution in [0.4, 0.5) is 5.69 Å². The molecule has 26 heavy (non-hydrogen) atoms. The first-order valence-corrected chi connectivity index (χ1v) is 9.88. The zero-order chi connectivity index (χ0) is 18.7. The molecule has 1 N–H and O–H groups in total. The van der Waals surface area contributed by atoms with Crippen molar-refractivity contribution in [1.29, 1.82) is 0 Å². The first-order chi connectivity index (χ1) is 12.4. The van der Waals surface area contributed by atoms with Crippen LogP contribution in [0.1, 0.15) is 16.1 Å². The van der Waals surface area contributed by atoms with Gasteiger partial charge in [-0.1, -0.05) is 41.4 Å². The molecule has 0 spiro atoms. The molecule has 134 valence electrons. The number of rotatable bonds is 5. The van der Waals surface area contributed by atoms with Gasteiger partial charge in [-0.3, -0.25) is 4.79 Å². The summed E-state index contributed by atoms with van der Waals surface area (Å²) in [6.07, 6.45) is 1.28. The largest absolute Gasteiger partial charge is 0.459 e. The van der Waals surface area contributed by atoms with Gasteiger partial charge in [0.15, 0.2) is 15.6 Å². The van der Waals surface area contributed by atoms with Crippen LogP contribution >= 0.6 is 23.2 Å². The molecule has 0 bridgehead atoms. The summed E-state index contributed by atoms with van der Waals surface area (Å²) in [5, 5.41) is 3.25. The number of nitrogens with one attached hydrogen (secondary N) is 1. The minimum Gasteiger partial charge on any atom is -0.459 e. The Morgan fingerprint density at radius 1 is 1.00 bits per heavy atom. The molecule has 1 amide bonds. The van der Waals surface area contributed by atoms with E-state index in [4.69, 9.17) is 27.6 Å². The summed E-state index contributed by atoms with van der Waals surface area (Å²) in [7, 11) is -3.60. The fraction of sp³-hybridized carbons (Fsp3) is 0.0556. The van der Waals surface area contributed by atoms with E-state index in [1.54, 1.807) is 30.3 Å². The van der Waals surface area contributed by atoms with E-state index < -0.39 is 15.7 Å². The molecule has 0 unspecified atom stereocenters. The smallest absolute Gasteiger partial charge is 0.291 e. The van der Waals surface area contributed by atoms with Gasteiger partial charge in [-0.25, -0.2) is 8.42 Å². The molecule has 1 heterocycles. The van der Waals surface area contributed by atoms with Gasteiger partial charge in [0.2, 0.25) is 0 Å². The molecule has 0 radical (unpaired) electrons.